The summed E-state index contributed by atoms with van der Waals surface area (Å²) in [5, 5.41) is 6.48. The molecule has 1 amide bonds. The van der Waals surface area contributed by atoms with Crippen LogP contribution in [0.5, 0.6) is 5.88 Å². The Kier molecular flexibility index (Phi) is 7.92. The highest BCUT2D eigenvalue weighted by molar-refractivity contribution is 6.36. The van der Waals surface area contributed by atoms with Crippen molar-refractivity contribution in [2.45, 2.75) is 32.7 Å². The second-order valence-corrected chi connectivity index (χ2v) is 9.68. The Bertz CT molecular complexity index is 1360. The van der Waals surface area contributed by atoms with Crippen LogP contribution in [0.1, 0.15) is 30.1 Å². The summed E-state index contributed by atoms with van der Waals surface area (Å²) in [7, 11) is 1.55. The number of hydrogen-bond donors (Lipinski definition) is 2. The minimum Gasteiger partial charge on any atom is -0.481 e. The van der Waals surface area contributed by atoms with Crippen LogP contribution in [0.3, 0.4) is 0 Å². The average Bonchev–Trinajstić information content (AvgIpc) is 3.66. The second-order valence-electron chi connectivity index (χ2n) is 8.45. The van der Waals surface area contributed by atoms with Crippen molar-refractivity contribution in [3.63, 3.8) is 0 Å². The van der Waals surface area contributed by atoms with E-state index in [0.29, 0.717) is 28.0 Å². The summed E-state index contributed by atoms with van der Waals surface area (Å²) in [5.41, 5.74) is 2.00. The summed E-state index contributed by atoms with van der Waals surface area (Å²) < 4.78 is 12.2. The minimum absolute atomic E-state index is 0.0381. The van der Waals surface area contributed by atoms with E-state index in [1.54, 1.807) is 26.2 Å². The van der Waals surface area contributed by atoms with Gasteiger partial charge in [0.05, 0.1) is 35.2 Å². The van der Waals surface area contributed by atoms with Crippen LogP contribution < -0.4 is 20.9 Å². The Morgan fingerprint density at radius 2 is 1.92 bits per heavy atom. The Labute approximate surface area is 222 Å². The molecule has 1 atom stereocenters. The third-order valence-corrected chi connectivity index (χ3v) is 6.51. The molecule has 0 bridgehead atoms. The van der Waals surface area contributed by atoms with Gasteiger partial charge >= 0.3 is 6.09 Å². The van der Waals surface area contributed by atoms with Crippen LogP contribution in [0.25, 0.3) is 0 Å². The largest absolute Gasteiger partial charge is 0.481 e. The number of carbonyl (C=O) groups is 1. The SMILES string of the molecule is COc1nc(C)c(Nc2nc(Cl)cn(C(COC(=O)Nc3ccc(Cl)cc3Cl)C3CC3)c2=O)cc1C. The fraction of sp³-hybridized carbons (Fsp3) is 0.333. The molecule has 36 heavy (non-hydrogen) atoms. The van der Waals surface area contributed by atoms with Crippen LogP contribution >= 0.6 is 34.8 Å². The number of benzene rings is 1. The molecule has 12 heteroatoms. The standard InChI is InChI=1S/C24H24Cl3N5O4/c1-12-8-18(13(2)28-22(12)35-3)29-21-23(33)32(10-20(27)31-21)19(14-4-5-14)11-36-24(34)30-17-7-6-15(25)9-16(17)26/h6-10,14,19H,4-5,11H2,1-3H3,(H,29,31)(H,30,34). The number of halogens is 3. The van der Waals surface area contributed by atoms with Gasteiger partial charge in [0.1, 0.15) is 11.8 Å². The molecule has 1 fully saturated rings. The summed E-state index contributed by atoms with van der Waals surface area (Å²) in [4.78, 5) is 34.4. The highest BCUT2D eigenvalue weighted by Gasteiger charge is 2.35. The lowest BCUT2D eigenvalue weighted by molar-refractivity contribution is 0.135. The van der Waals surface area contributed by atoms with Crippen molar-refractivity contribution in [3.05, 3.63) is 67.3 Å². The Hall–Kier alpha value is -3.01. The van der Waals surface area contributed by atoms with Gasteiger partial charge in [-0.3, -0.25) is 10.1 Å². The number of nitrogens with one attached hydrogen (secondary N) is 2. The first-order valence-electron chi connectivity index (χ1n) is 11.1. The van der Waals surface area contributed by atoms with E-state index < -0.39 is 17.7 Å². The number of nitrogens with zero attached hydrogens (tertiary/aromatic N) is 3. The van der Waals surface area contributed by atoms with Gasteiger partial charge in [-0.25, -0.2) is 14.8 Å². The fourth-order valence-corrected chi connectivity index (χ4v) is 4.42. The van der Waals surface area contributed by atoms with Crippen molar-refractivity contribution in [3.8, 4) is 5.88 Å². The number of anilines is 3. The number of ether oxygens (including phenoxy) is 2. The molecule has 1 saturated carbocycles. The van der Waals surface area contributed by atoms with E-state index in [0.717, 1.165) is 18.4 Å². The van der Waals surface area contributed by atoms with E-state index in [9.17, 15) is 9.59 Å². The van der Waals surface area contributed by atoms with E-state index in [1.165, 1.54) is 16.8 Å². The number of amides is 1. The summed E-state index contributed by atoms with van der Waals surface area (Å²) in [6.07, 6.45) is 2.55. The van der Waals surface area contributed by atoms with Crippen LogP contribution in [0.2, 0.25) is 15.2 Å². The molecular weight excluding hydrogens is 529 g/mol. The number of pyridine rings is 1. The molecule has 2 N–H and O–H groups in total. The molecule has 1 aliphatic carbocycles. The number of methoxy groups -OCH3 is 1. The predicted octanol–water partition coefficient (Wildman–Crippen LogP) is 6.17. The summed E-state index contributed by atoms with van der Waals surface area (Å²) in [6.45, 7) is 3.60. The van der Waals surface area contributed by atoms with Gasteiger partial charge in [0, 0.05) is 16.8 Å². The lowest BCUT2D eigenvalue weighted by Crippen LogP contribution is -2.32. The molecule has 1 aliphatic rings. The number of carbonyl (C=O) groups excluding carboxylic acids is 1. The Balaban J connectivity index is 1.54. The van der Waals surface area contributed by atoms with E-state index in [-0.39, 0.29) is 28.5 Å². The molecule has 0 spiro atoms. The molecule has 190 valence electrons. The summed E-state index contributed by atoms with van der Waals surface area (Å²) in [6, 6.07) is 6.10. The molecule has 2 heterocycles. The molecule has 3 aromatic rings. The molecular formula is C24H24Cl3N5O4. The van der Waals surface area contributed by atoms with Crippen molar-refractivity contribution in [1.29, 1.82) is 0 Å². The highest BCUT2D eigenvalue weighted by atomic mass is 35.5. The van der Waals surface area contributed by atoms with Gasteiger partial charge in [0.2, 0.25) is 5.88 Å². The predicted molar refractivity (Wildman–Crippen MR) is 140 cm³/mol. The molecule has 4 rings (SSSR count). The quantitative estimate of drug-likeness (QED) is 0.344. The third kappa shape index (κ3) is 6.03. The van der Waals surface area contributed by atoms with E-state index in [2.05, 4.69) is 20.6 Å². The van der Waals surface area contributed by atoms with Gasteiger partial charge < -0.3 is 19.4 Å². The van der Waals surface area contributed by atoms with Crippen LogP contribution in [-0.4, -0.2) is 34.3 Å². The zero-order valence-electron chi connectivity index (χ0n) is 19.8. The molecule has 2 aromatic heterocycles. The second kappa shape index (κ2) is 10.9. The van der Waals surface area contributed by atoms with Crippen LogP contribution in [0.4, 0.5) is 22.0 Å². The van der Waals surface area contributed by atoms with E-state index in [1.807, 2.05) is 13.0 Å². The maximum Gasteiger partial charge on any atom is 0.411 e. The van der Waals surface area contributed by atoms with Crippen LogP contribution in [0.15, 0.2) is 35.3 Å². The zero-order valence-corrected chi connectivity index (χ0v) is 22.0. The zero-order chi connectivity index (χ0) is 26.0. The van der Waals surface area contributed by atoms with Gasteiger partial charge in [-0.2, -0.15) is 0 Å². The normalized spacial score (nSPS) is 13.7. The first-order valence-corrected chi connectivity index (χ1v) is 12.3. The fourth-order valence-electron chi connectivity index (χ4n) is 3.77. The molecule has 1 aromatic carbocycles. The molecule has 0 radical (unpaired) electrons. The van der Waals surface area contributed by atoms with Crippen molar-refractivity contribution < 1.29 is 14.3 Å². The molecule has 0 aliphatic heterocycles. The first-order chi connectivity index (χ1) is 17.2. The third-order valence-electron chi connectivity index (χ3n) is 5.78. The van der Waals surface area contributed by atoms with E-state index >= 15 is 0 Å². The van der Waals surface area contributed by atoms with Crippen molar-refractivity contribution in [2.24, 2.45) is 5.92 Å². The number of aromatic nitrogens is 3. The first kappa shape index (κ1) is 26.1. The maximum atomic E-state index is 13.4. The monoisotopic (exact) mass is 551 g/mol. The van der Waals surface area contributed by atoms with Crippen LogP contribution in [0, 0.1) is 19.8 Å². The topological polar surface area (TPSA) is 107 Å². The van der Waals surface area contributed by atoms with Gasteiger partial charge in [0.25, 0.3) is 5.56 Å². The molecule has 9 nitrogen and oxygen atoms in total. The van der Waals surface area contributed by atoms with Gasteiger partial charge in [-0.1, -0.05) is 34.8 Å². The lowest BCUT2D eigenvalue weighted by atomic mass is 10.2. The molecule has 0 saturated heterocycles. The van der Waals surface area contributed by atoms with Gasteiger partial charge in [0.15, 0.2) is 5.82 Å². The minimum atomic E-state index is -0.702. The van der Waals surface area contributed by atoms with Crippen molar-refractivity contribution in [1.82, 2.24) is 14.5 Å². The van der Waals surface area contributed by atoms with Crippen molar-refractivity contribution in [2.75, 3.05) is 24.4 Å². The van der Waals surface area contributed by atoms with Gasteiger partial charge in [-0.05, 0) is 56.9 Å². The maximum absolute atomic E-state index is 13.4. The summed E-state index contributed by atoms with van der Waals surface area (Å²) in [5.74, 6) is 0.700. The summed E-state index contributed by atoms with van der Waals surface area (Å²) >= 11 is 18.3. The molecule has 1 unspecified atom stereocenters. The highest BCUT2D eigenvalue weighted by Crippen LogP contribution is 2.40. The number of hydrogen-bond acceptors (Lipinski definition) is 7. The van der Waals surface area contributed by atoms with Crippen LogP contribution in [-0.2, 0) is 4.74 Å². The smallest absolute Gasteiger partial charge is 0.411 e. The average molecular weight is 553 g/mol. The number of aryl methyl sites for hydroxylation is 2. The number of rotatable bonds is 8. The Morgan fingerprint density at radius 3 is 2.58 bits per heavy atom. The Morgan fingerprint density at radius 1 is 1.17 bits per heavy atom. The lowest BCUT2D eigenvalue weighted by Gasteiger charge is -2.21. The van der Waals surface area contributed by atoms with Gasteiger partial charge in [-0.15, -0.1) is 0 Å². The van der Waals surface area contributed by atoms with E-state index in [4.69, 9.17) is 44.3 Å². The van der Waals surface area contributed by atoms with Crippen molar-refractivity contribution >= 4 is 58.1 Å².